The Balaban J connectivity index is 0.000000696. The molecule has 0 aliphatic carbocycles. The van der Waals surface area contributed by atoms with Crippen LogP contribution < -0.4 is 5.32 Å². The number of carboxylic acids is 1. The largest absolute Gasteiger partial charge is 0.481 e. The molecule has 0 amide bonds. The van der Waals surface area contributed by atoms with Crippen LogP contribution in [0.3, 0.4) is 0 Å². The number of ketones is 1. The summed E-state index contributed by atoms with van der Waals surface area (Å²) < 4.78 is 0. The summed E-state index contributed by atoms with van der Waals surface area (Å²) in [5.74, 6) is -0.586. The highest BCUT2D eigenvalue weighted by molar-refractivity contribution is 6.31. The number of hydrogen-bond acceptors (Lipinski definition) is 3. The molecule has 0 spiro atoms. The number of halogens is 1. The Morgan fingerprint density at radius 1 is 0.833 bits per heavy atom. The Kier molecular flexibility index (Phi) is 20.8. The first-order valence-electron chi connectivity index (χ1n) is 14.4. The molecule has 208 valence electrons. The SMILES string of the molecule is CC(NC(C)(C)C)C(=O)c1cccc(Cl)c1.CCCCCCCCCCCCCCCCCC(=O)O. The number of Topliss-reactive ketones (excluding diaryl/α,β-unsaturated/α-hetero) is 1. The highest BCUT2D eigenvalue weighted by atomic mass is 35.5. The number of carbonyl (C=O) groups is 2. The molecule has 0 radical (unpaired) electrons. The molecular weight excluding hydrogens is 470 g/mol. The molecule has 1 aromatic rings. The summed E-state index contributed by atoms with van der Waals surface area (Å²) in [6, 6.07) is 6.83. The fraction of sp³-hybridized carbons (Fsp3) is 0.742. The van der Waals surface area contributed by atoms with E-state index in [0.29, 0.717) is 17.0 Å². The van der Waals surface area contributed by atoms with Crippen LogP contribution in [0.2, 0.25) is 5.02 Å². The predicted octanol–water partition coefficient (Wildman–Crippen LogP) is 9.63. The summed E-state index contributed by atoms with van der Waals surface area (Å²) in [4.78, 5) is 22.4. The Morgan fingerprint density at radius 3 is 1.67 bits per heavy atom. The van der Waals surface area contributed by atoms with Crippen LogP contribution in [0.5, 0.6) is 0 Å². The lowest BCUT2D eigenvalue weighted by Crippen LogP contribution is -2.46. The zero-order chi connectivity index (χ0) is 27.2. The van der Waals surface area contributed by atoms with Gasteiger partial charge < -0.3 is 10.4 Å². The normalized spacial score (nSPS) is 12.1. The molecule has 0 fully saturated rings. The molecule has 0 aliphatic heterocycles. The third-order valence-corrected chi connectivity index (χ3v) is 6.38. The molecule has 1 rings (SSSR count). The molecule has 5 heteroatoms. The molecule has 2 N–H and O–H groups in total. The van der Waals surface area contributed by atoms with E-state index >= 15 is 0 Å². The molecule has 0 bridgehead atoms. The van der Waals surface area contributed by atoms with Gasteiger partial charge in [-0.15, -0.1) is 0 Å². The van der Waals surface area contributed by atoms with Gasteiger partial charge in [-0.3, -0.25) is 9.59 Å². The average molecular weight is 524 g/mol. The van der Waals surface area contributed by atoms with Crippen molar-refractivity contribution in [3.05, 3.63) is 34.9 Å². The summed E-state index contributed by atoms with van der Waals surface area (Å²) in [6.07, 6.45) is 20.2. The van der Waals surface area contributed by atoms with Crippen molar-refractivity contribution in [3.63, 3.8) is 0 Å². The summed E-state index contributed by atoms with van der Waals surface area (Å²) in [5.41, 5.74) is 0.574. The Labute approximate surface area is 227 Å². The van der Waals surface area contributed by atoms with E-state index in [2.05, 4.69) is 12.2 Å². The highest BCUT2D eigenvalue weighted by Crippen LogP contribution is 2.15. The number of aliphatic carboxylic acids is 1. The van der Waals surface area contributed by atoms with Crippen LogP contribution in [0.4, 0.5) is 0 Å². The Bertz CT molecular complexity index is 699. The minimum Gasteiger partial charge on any atom is -0.481 e. The van der Waals surface area contributed by atoms with Crippen LogP contribution in [-0.2, 0) is 4.79 Å². The maximum Gasteiger partial charge on any atom is 0.303 e. The number of nitrogens with one attached hydrogen (secondary N) is 1. The maximum absolute atomic E-state index is 12.1. The van der Waals surface area contributed by atoms with Crippen LogP contribution in [0.15, 0.2) is 24.3 Å². The van der Waals surface area contributed by atoms with E-state index in [4.69, 9.17) is 16.7 Å². The zero-order valence-corrected chi connectivity index (χ0v) is 24.6. The van der Waals surface area contributed by atoms with Crippen molar-refractivity contribution in [2.45, 2.75) is 149 Å². The quantitative estimate of drug-likeness (QED) is 0.140. The minimum atomic E-state index is -0.653. The second-order valence-corrected chi connectivity index (χ2v) is 11.5. The minimum absolute atomic E-state index is 0.0671. The molecule has 0 heterocycles. The van der Waals surface area contributed by atoms with Gasteiger partial charge in [0.25, 0.3) is 0 Å². The van der Waals surface area contributed by atoms with E-state index in [1.807, 2.05) is 27.7 Å². The van der Waals surface area contributed by atoms with Gasteiger partial charge in [0.05, 0.1) is 6.04 Å². The molecule has 4 nitrogen and oxygen atoms in total. The Hall–Kier alpha value is -1.39. The molecule has 1 atom stereocenters. The van der Waals surface area contributed by atoms with Crippen molar-refractivity contribution >= 4 is 23.4 Å². The van der Waals surface area contributed by atoms with Crippen molar-refractivity contribution < 1.29 is 14.7 Å². The lowest BCUT2D eigenvalue weighted by atomic mass is 10.0. The second-order valence-electron chi connectivity index (χ2n) is 11.1. The summed E-state index contributed by atoms with van der Waals surface area (Å²) in [6.45, 7) is 10.2. The zero-order valence-electron chi connectivity index (χ0n) is 23.8. The van der Waals surface area contributed by atoms with Gasteiger partial charge >= 0.3 is 5.97 Å². The van der Waals surface area contributed by atoms with Gasteiger partial charge in [-0.1, -0.05) is 121 Å². The summed E-state index contributed by atoms with van der Waals surface area (Å²) in [7, 11) is 0. The van der Waals surface area contributed by atoms with Gasteiger partial charge in [-0.05, 0) is 46.2 Å². The third-order valence-electron chi connectivity index (χ3n) is 6.15. The van der Waals surface area contributed by atoms with Gasteiger partial charge in [0.1, 0.15) is 0 Å². The van der Waals surface area contributed by atoms with Crippen LogP contribution in [-0.4, -0.2) is 28.4 Å². The van der Waals surface area contributed by atoms with E-state index in [1.165, 1.54) is 83.5 Å². The van der Waals surface area contributed by atoms with Crippen molar-refractivity contribution in [2.24, 2.45) is 0 Å². The van der Waals surface area contributed by atoms with E-state index in [1.54, 1.807) is 24.3 Å². The lowest BCUT2D eigenvalue weighted by molar-refractivity contribution is -0.137. The summed E-state index contributed by atoms with van der Waals surface area (Å²) >= 11 is 5.85. The molecule has 36 heavy (non-hydrogen) atoms. The van der Waals surface area contributed by atoms with Crippen LogP contribution in [0.25, 0.3) is 0 Å². The van der Waals surface area contributed by atoms with E-state index < -0.39 is 5.97 Å². The van der Waals surface area contributed by atoms with Crippen molar-refractivity contribution in [3.8, 4) is 0 Å². The lowest BCUT2D eigenvalue weighted by Gasteiger charge is -2.25. The smallest absolute Gasteiger partial charge is 0.303 e. The monoisotopic (exact) mass is 523 g/mol. The van der Waals surface area contributed by atoms with Crippen LogP contribution in [0.1, 0.15) is 148 Å². The van der Waals surface area contributed by atoms with Crippen molar-refractivity contribution in [1.29, 1.82) is 0 Å². The standard InChI is InChI=1S/C18H36O2.C13H18ClNO/c1-2-3-4-5-6-7-8-9-10-11-12-13-14-15-16-17-18(19)20;1-9(15-13(2,3)4)12(16)10-6-5-7-11(14)8-10/h2-17H2,1H3,(H,19,20);5-9,15H,1-4H3. The third kappa shape index (κ3) is 21.9. The predicted molar refractivity (Wildman–Crippen MR) is 155 cm³/mol. The fourth-order valence-electron chi connectivity index (χ4n) is 4.25. The molecule has 0 aliphatic rings. The van der Waals surface area contributed by atoms with Gasteiger partial charge in [0, 0.05) is 22.5 Å². The van der Waals surface area contributed by atoms with Crippen LogP contribution in [0, 0.1) is 0 Å². The topological polar surface area (TPSA) is 66.4 Å². The molecule has 0 aromatic heterocycles. The number of carbonyl (C=O) groups excluding carboxylic acids is 1. The number of hydrogen-bond donors (Lipinski definition) is 2. The molecule has 1 aromatic carbocycles. The van der Waals surface area contributed by atoms with E-state index in [0.717, 1.165) is 12.8 Å². The molecular formula is C31H54ClNO3. The molecule has 0 saturated carbocycles. The fourth-order valence-corrected chi connectivity index (χ4v) is 4.44. The van der Waals surface area contributed by atoms with Gasteiger partial charge in [0.2, 0.25) is 0 Å². The van der Waals surface area contributed by atoms with Gasteiger partial charge in [-0.25, -0.2) is 0 Å². The number of rotatable bonds is 19. The number of unbranched alkanes of at least 4 members (excludes halogenated alkanes) is 14. The first-order valence-corrected chi connectivity index (χ1v) is 14.7. The second kappa shape index (κ2) is 21.7. The first-order chi connectivity index (χ1) is 17.1. The van der Waals surface area contributed by atoms with E-state index in [9.17, 15) is 9.59 Å². The van der Waals surface area contributed by atoms with Crippen LogP contribution >= 0.6 is 11.6 Å². The van der Waals surface area contributed by atoms with Crippen molar-refractivity contribution in [2.75, 3.05) is 0 Å². The maximum atomic E-state index is 12.1. The van der Waals surface area contributed by atoms with Crippen molar-refractivity contribution in [1.82, 2.24) is 5.32 Å². The Morgan fingerprint density at radius 2 is 1.28 bits per heavy atom. The van der Waals surface area contributed by atoms with E-state index in [-0.39, 0.29) is 17.4 Å². The number of benzene rings is 1. The van der Waals surface area contributed by atoms with Gasteiger partial charge in [-0.2, -0.15) is 0 Å². The summed E-state index contributed by atoms with van der Waals surface area (Å²) in [5, 5.41) is 12.4. The molecule has 0 saturated heterocycles. The number of carboxylic acid groups (broad SMARTS) is 1. The van der Waals surface area contributed by atoms with Gasteiger partial charge in [0.15, 0.2) is 5.78 Å². The first kappa shape index (κ1) is 34.6. The molecule has 1 unspecified atom stereocenters. The average Bonchev–Trinajstić information content (AvgIpc) is 2.80. The highest BCUT2D eigenvalue weighted by Gasteiger charge is 2.20.